The van der Waals surface area contributed by atoms with Crippen molar-refractivity contribution in [2.75, 3.05) is 32.5 Å². The number of rotatable bonds is 5. The minimum Gasteiger partial charge on any atom is -0.466 e. The molecule has 0 spiro atoms. The van der Waals surface area contributed by atoms with E-state index in [2.05, 4.69) is 21.0 Å². The van der Waals surface area contributed by atoms with Crippen LogP contribution in [0, 0.1) is 0 Å². The predicted octanol–water partition coefficient (Wildman–Crippen LogP) is 2.09. The highest BCUT2D eigenvalue weighted by atomic mass is 79.9. The minimum atomic E-state index is -0.624. The molecule has 1 aliphatic heterocycles. The topological polar surface area (TPSA) is 82.9 Å². The van der Waals surface area contributed by atoms with Crippen LogP contribution in [-0.4, -0.2) is 49.3 Å². The largest absolute Gasteiger partial charge is 0.466 e. The summed E-state index contributed by atoms with van der Waals surface area (Å²) in [5.41, 5.74) is 1.98. The van der Waals surface area contributed by atoms with Crippen LogP contribution in [0.4, 0.5) is 5.69 Å². The molecule has 0 radical (unpaired) electrons. The van der Waals surface area contributed by atoms with E-state index in [1.54, 1.807) is 15.8 Å². The van der Waals surface area contributed by atoms with Crippen molar-refractivity contribution in [1.82, 2.24) is 9.78 Å². The Morgan fingerprint density at radius 1 is 1.19 bits per heavy atom. The third-order valence-electron chi connectivity index (χ3n) is 4.03. The summed E-state index contributed by atoms with van der Waals surface area (Å²) in [4.78, 5) is 25.9. The molecule has 0 fully saturated rings. The Hall–Kier alpha value is -2.65. The summed E-state index contributed by atoms with van der Waals surface area (Å²) in [7, 11) is 2.52. The number of benzene rings is 1. The van der Waals surface area contributed by atoms with Crippen LogP contribution < -0.4 is 4.90 Å². The van der Waals surface area contributed by atoms with Crippen molar-refractivity contribution in [3.8, 4) is 0 Å². The summed E-state index contributed by atoms with van der Waals surface area (Å²) in [5.74, 6) is -1.25. The van der Waals surface area contributed by atoms with Crippen LogP contribution >= 0.6 is 15.9 Å². The molecule has 0 unspecified atom stereocenters. The summed E-state index contributed by atoms with van der Waals surface area (Å²) >= 11 is 3.37. The summed E-state index contributed by atoms with van der Waals surface area (Å²) in [5, 5.41) is 4.23. The molecule has 1 aromatic carbocycles. The molecular formula is C18H18BrN3O5. The summed E-state index contributed by atoms with van der Waals surface area (Å²) in [6.45, 7) is 0.714. The maximum absolute atomic E-state index is 12.3. The van der Waals surface area contributed by atoms with Crippen LogP contribution in [-0.2, 0) is 30.3 Å². The van der Waals surface area contributed by atoms with Gasteiger partial charge >= 0.3 is 11.9 Å². The van der Waals surface area contributed by atoms with Crippen molar-refractivity contribution in [3.05, 3.63) is 58.0 Å². The zero-order valence-corrected chi connectivity index (χ0v) is 16.4. The Balaban J connectivity index is 1.89. The fourth-order valence-corrected chi connectivity index (χ4v) is 3.07. The number of methoxy groups -OCH3 is 2. The van der Waals surface area contributed by atoms with E-state index in [9.17, 15) is 9.59 Å². The van der Waals surface area contributed by atoms with Gasteiger partial charge in [-0.2, -0.15) is 5.10 Å². The van der Waals surface area contributed by atoms with Gasteiger partial charge in [0.05, 0.1) is 43.6 Å². The maximum Gasteiger partial charge on any atom is 0.355 e. The van der Waals surface area contributed by atoms with E-state index in [1.165, 1.54) is 14.2 Å². The summed E-state index contributed by atoms with van der Waals surface area (Å²) in [6.07, 6.45) is 3.61. The molecule has 142 valence electrons. The summed E-state index contributed by atoms with van der Waals surface area (Å²) < 4.78 is 17.8. The molecule has 1 aliphatic rings. The van der Waals surface area contributed by atoms with Gasteiger partial charge in [0, 0.05) is 11.9 Å². The smallest absolute Gasteiger partial charge is 0.355 e. The number of hydrogen-bond donors (Lipinski definition) is 0. The molecule has 3 rings (SSSR count). The molecule has 0 saturated heterocycles. The molecule has 0 saturated carbocycles. The van der Waals surface area contributed by atoms with Crippen LogP contribution in [0.5, 0.6) is 0 Å². The molecule has 0 atom stereocenters. The molecular weight excluding hydrogens is 418 g/mol. The van der Waals surface area contributed by atoms with Gasteiger partial charge in [-0.3, -0.25) is 4.68 Å². The molecule has 0 amide bonds. The average molecular weight is 436 g/mol. The van der Waals surface area contributed by atoms with Gasteiger partial charge in [-0.15, -0.1) is 0 Å². The van der Waals surface area contributed by atoms with Crippen LogP contribution in [0.1, 0.15) is 5.56 Å². The Kier molecular flexibility index (Phi) is 5.92. The van der Waals surface area contributed by atoms with Gasteiger partial charge in [0.25, 0.3) is 0 Å². The van der Waals surface area contributed by atoms with Crippen molar-refractivity contribution in [2.45, 2.75) is 6.54 Å². The van der Waals surface area contributed by atoms with E-state index < -0.39 is 11.9 Å². The zero-order chi connectivity index (χ0) is 19.4. The lowest BCUT2D eigenvalue weighted by Crippen LogP contribution is -2.38. The first kappa shape index (κ1) is 19.1. The second kappa shape index (κ2) is 8.36. The van der Waals surface area contributed by atoms with Gasteiger partial charge in [-0.1, -0.05) is 12.1 Å². The van der Waals surface area contributed by atoms with E-state index in [-0.39, 0.29) is 24.6 Å². The molecule has 1 aromatic heterocycles. The highest BCUT2D eigenvalue weighted by Gasteiger charge is 2.32. The summed E-state index contributed by atoms with van der Waals surface area (Å²) in [6, 6.07) is 7.54. The molecule has 0 N–H and O–H groups in total. The second-order valence-corrected chi connectivity index (χ2v) is 6.65. The fourth-order valence-electron chi connectivity index (χ4n) is 2.74. The van der Waals surface area contributed by atoms with Gasteiger partial charge in [-0.05, 0) is 33.6 Å². The number of anilines is 1. The van der Waals surface area contributed by atoms with Crippen LogP contribution in [0.15, 0.2) is 52.4 Å². The van der Waals surface area contributed by atoms with Crippen molar-refractivity contribution >= 4 is 33.6 Å². The van der Waals surface area contributed by atoms with Gasteiger partial charge in [0.2, 0.25) is 0 Å². The lowest BCUT2D eigenvalue weighted by Gasteiger charge is -2.31. The Bertz CT molecular complexity index is 875. The number of ether oxygens (including phenoxy) is 3. The Morgan fingerprint density at radius 3 is 2.48 bits per heavy atom. The predicted molar refractivity (Wildman–Crippen MR) is 99.8 cm³/mol. The van der Waals surface area contributed by atoms with E-state index in [0.29, 0.717) is 12.2 Å². The van der Waals surface area contributed by atoms with Crippen molar-refractivity contribution in [1.29, 1.82) is 0 Å². The van der Waals surface area contributed by atoms with Crippen molar-refractivity contribution in [2.24, 2.45) is 0 Å². The van der Waals surface area contributed by atoms with Crippen LogP contribution in [0.2, 0.25) is 0 Å². The van der Waals surface area contributed by atoms with E-state index >= 15 is 0 Å². The number of esters is 2. The lowest BCUT2D eigenvalue weighted by atomic mass is 10.1. The zero-order valence-electron chi connectivity index (χ0n) is 14.8. The SMILES string of the molecule is COC(=O)C1=C(C(=O)OC)N(c2ccc(Cn3cc(Br)cn3)cc2)COC1. The van der Waals surface area contributed by atoms with Crippen LogP contribution in [0.3, 0.4) is 0 Å². The normalized spacial score (nSPS) is 14.3. The number of nitrogens with zero attached hydrogens (tertiary/aromatic N) is 3. The first-order valence-corrected chi connectivity index (χ1v) is 8.84. The quantitative estimate of drug-likeness (QED) is 0.664. The third kappa shape index (κ3) is 4.20. The van der Waals surface area contributed by atoms with Gasteiger partial charge in [0.15, 0.2) is 0 Å². The molecule has 0 aliphatic carbocycles. The lowest BCUT2D eigenvalue weighted by molar-refractivity contribution is -0.140. The van der Waals surface area contributed by atoms with Gasteiger partial charge in [0.1, 0.15) is 12.4 Å². The second-order valence-electron chi connectivity index (χ2n) is 5.74. The standard InChI is InChI=1S/C18H18BrN3O5/c1-25-17(23)15-10-27-11-22(16(15)18(24)26-2)14-5-3-12(4-6-14)8-21-9-13(19)7-20-21/h3-7,9H,8,10-11H2,1-2H3. The number of hydrogen-bond acceptors (Lipinski definition) is 7. The third-order valence-corrected chi connectivity index (χ3v) is 4.44. The highest BCUT2D eigenvalue weighted by Crippen LogP contribution is 2.27. The van der Waals surface area contributed by atoms with Gasteiger partial charge in [-0.25, -0.2) is 9.59 Å². The van der Waals surface area contributed by atoms with E-state index in [4.69, 9.17) is 14.2 Å². The van der Waals surface area contributed by atoms with Crippen molar-refractivity contribution in [3.63, 3.8) is 0 Å². The highest BCUT2D eigenvalue weighted by molar-refractivity contribution is 9.10. The van der Waals surface area contributed by atoms with Crippen LogP contribution in [0.25, 0.3) is 0 Å². The Labute approximate surface area is 164 Å². The van der Waals surface area contributed by atoms with Crippen molar-refractivity contribution < 1.29 is 23.8 Å². The van der Waals surface area contributed by atoms with E-state index in [1.807, 2.05) is 30.5 Å². The Morgan fingerprint density at radius 2 is 1.89 bits per heavy atom. The molecule has 2 heterocycles. The first-order chi connectivity index (χ1) is 13.0. The van der Waals surface area contributed by atoms with E-state index in [0.717, 1.165) is 10.0 Å². The minimum absolute atomic E-state index is 0.0140. The molecule has 27 heavy (non-hydrogen) atoms. The number of halogens is 1. The number of carbonyl (C=O) groups is 2. The van der Waals surface area contributed by atoms with Gasteiger partial charge < -0.3 is 19.1 Å². The fraction of sp³-hybridized carbons (Fsp3) is 0.278. The average Bonchev–Trinajstić information content (AvgIpc) is 3.11. The molecule has 9 heteroatoms. The monoisotopic (exact) mass is 435 g/mol. The first-order valence-electron chi connectivity index (χ1n) is 8.05. The molecule has 0 bridgehead atoms. The maximum atomic E-state index is 12.3. The number of carbonyl (C=O) groups excluding carboxylic acids is 2. The molecule has 2 aromatic rings. The molecule has 8 nitrogen and oxygen atoms in total. The number of aromatic nitrogens is 2.